The van der Waals surface area contributed by atoms with E-state index in [1.54, 1.807) is 0 Å². The van der Waals surface area contributed by atoms with E-state index in [-0.39, 0.29) is 0 Å². The topological polar surface area (TPSA) is 27.3 Å². The van der Waals surface area contributed by atoms with Crippen LogP contribution in [-0.2, 0) is 0 Å². The second-order valence-corrected chi connectivity index (χ2v) is 7.64. The lowest BCUT2D eigenvalue weighted by molar-refractivity contribution is 0.395. The zero-order valence-corrected chi connectivity index (χ0v) is 16.9. The molecule has 2 N–H and O–H groups in total. The summed E-state index contributed by atoms with van der Waals surface area (Å²) in [5.74, 6) is 1.02. The number of hydrogen-bond donors (Lipinski definition) is 2. The molecule has 0 fully saturated rings. The quantitative estimate of drug-likeness (QED) is 0.681. The smallest absolute Gasteiger partial charge is 0.0452 e. The maximum Gasteiger partial charge on any atom is 0.0452 e. The Labute approximate surface area is 149 Å². The average Bonchev–Trinajstić information content (AvgIpc) is 2.46. The van der Waals surface area contributed by atoms with Crippen molar-refractivity contribution in [2.75, 3.05) is 32.5 Å². The fourth-order valence-corrected chi connectivity index (χ4v) is 2.88. The summed E-state index contributed by atoms with van der Waals surface area (Å²) in [6, 6.07) is 7.02. The maximum atomic E-state index is 3.68. The SMILES string of the molecule is C/C(=C\C(C)NCCN(C)C)Nc1c(C(C)C)cccc1C(C)C. The molecule has 1 aromatic carbocycles. The average molecular weight is 332 g/mol. The molecule has 1 atom stereocenters. The number of nitrogens with zero attached hydrogens (tertiary/aromatic N) is 1. The maximum absolute atomic E-state index is 3.68. The molecule has 1 rings (SSSR count). The summed E-state index contributed by atoms with van der Waals surface area (Å²) >= 11 is 0. The zero-order chi connectivity index (χ0) is 18.3. The minimum Gasteiger partial charge on any atom is -0.359 e. The highest BCUT2D eigenvalue weighted by molar-refractivity contribution is 5.62. The van der Waals surface area contributed by atoms with Gasteiger partial charge in [-0.1, -0.05) is 45.9 Å². The van der Waals surface area contributed by atoms with Crippen LogP contribution >= 0.6 is 0 Å². The van der Waals surface area contributed by atoms with Gasteiger partial charge in [-0.15, -0.1) is 0 Å². The van der Waals surface area contributed by atoms with Crippen LogP contribution < -0.4 is 10.6 Å². The summed E-state index contributed by atoms with van der Waals surface area (Å²) in [6.45, 7) is 15.5. The molecule has 0 aliphatic rings. The van der Waals surface area contributed by atoms with Gasteiger partial charge in [0.05, 0.1) is 0 Å². The molecule has 0 aliphatic carbocycles. The number of benzene rings is 1. The van der Waals surface area contributed by atoms with E-state index in [1.165, 1.54) is 22.5 Å². The molecule has 1 aromatic rings. The van der Waals surface area contributed by atoms with Crippen LogP contribution in [0.15, 0.2) is 30.0 Å². The second-order valence-electron chi connectivity index (χ2n) is 7.64. The molecule has 3 nitrogen and oxygen atoms in total. The van der Waals surface area contributed by atoms with Crippen LogP contribution in [-0.4, -0.2) is 38.1 Å². The van der Waals surface area contributed by atoms with E-state index in [0.717, 1.165) is 13.1 Å². The summed E-state index contributed by atoms with van der Waals surface area (Å²) in [6.07, 6.45) is 2.27. The summed E-state index contributed by atoms with van der Waals surface area (Å²) < 4.78 is 0. The minimum atomic E-state index is 0.353. The lowest BCUT2D eigenvalue weighted by Crippen LogP contribution is -2.32. The molecule has 1 unspecified atom stereocenters. The van der Waals surface area contributed by atoms with Gasteiger partial charge in [-0.25, -0.2) is 0 Å². The summed E-state index contributed by atoms with van der Waals surface area (Å²) in [5, 5.41) is 7.23. The van der Waals surface area contributed by atoms with Crippen molar-refractivity contribution in [1.29, 1.82) is 0 Å². The van der Waals surface area contributed by atoms with Crippen LogP contribution in [0.5, 0.6) is 0 Å². The van der Waals surface area contributed by atoms with Gasteiger partial charge in [-0.05, 0) is 57.0 Å². The number of allylic oxidation sites excluding steroid dienone is 1. The van der Waals surface area contributed by atoms with Crippen LogP contribution in [0.1, 0.15) is 64.5 Å². The van der Waals surface area contributed by atoms with Crippen LogP contribution in [0.3, 0.4) is 0 Å². The molecule has 3 heteroatoms. The molecule has 0 bridgehead atoms. The number of likely N-dealkylation sites (N-methyl/N-ethyl adjacent to an activating group) is 1. The fourth-order valence-electron chi connectivity index (χ4n) is 2.88. The third-order valence-corrected chi connectivity index (χ3v) is 4.22. The normalized spacial score (nSPS) is 13.9. The van der Waals surface area contributed by atoms with E-state index in [1.807, 2.05) is 0 Å². The van der Waals surface area contributed by atoms with Gasteiger partial charge in [0, 0.05) is 30.5 Å². The Morgan fingerprint density at radius 1 is 1.04 bits per heavy atom. The first-order valence-corrected chi connectivity index (χ1v) is 9.18. The van der Waals surface area contributed by atoms with E-state index in [4.69, 9.17) is 0 Å². The molecular weight excluding hydrogens is 294 g/mol. The van der Waals surface area contributed by atoms with Gasteiger partial charge in [0.1, 0.15) is 0 Å². The third-order valence-electron chi connectivity index (χ3n) is 4.22. The van der Waals surface area contributed by atoms with Gasteiger partial charge in [0.2, 0.25) is 0 Å². The first-order valence-electron chi connectivity index (χ1n) is 9.18. The number of hydrogen-bond acceptors (Lipinski definition) is 3. The van der Waals surface area contributed by atoms with Crippen LogP contribution in [0.2, 0.25) is 0 Å². The van der Waals surface area contributed by atoms with E-state index in [2.05, 4.69) is 95.4 Å². The monoisotopic (exact) mass is 331 g/mol. The molecule has 136 valence electrons. The van der Waals surface area contributed by atoms with E-state index >= 15 is 0 Å². The highest BCUT2D eigenvalue weighted by Gasteiger charge is 2.13. The number of nitrogens with one attached hydrogen (secondary N) is 2. The molecule has 0 amide bonds. The highest BCUT2D eigenvalue weighted by Crippen LogP contribution is 2.33. The first kappa shape index (κ1) is 20.7. The molecule has 0 aliphatic heterocycles. The lowest BCUT2D eigenvalue weighted by Gasteiger charge is -2.22. The number of anilines is 1. The standard InChI is InChI=1S/C21H37N3/c1-15(2)19-10-9-11-20(16(3)4)21(19)23-18(6)14-17(5)22-12-13-24(7)8/h9-11,14-17,22-23H,12-13H2,1-8H3/b18-14+. The van der Waals surface area contributed by atoms with Gasteiger partial charge in [-0.2, -0.15) is 0 Å². The summed E-state index contributed by atoms with van der Waals surface area (Å²) in [5.41, 5.74) is 5.27. The summed E-state index contributed by atoms with van der Waals surface area (Å²) in [7, 11) is 4.20. The summed E-state index contributed by atoms with van der Waals surface area (Å²) in [4.78, 5) is 2.20. The first-order chi connectivity index (χ1) is 11.2. The fraction of sp³-hybridized carbons (Fsp3) is 0.619. The van der Waals surface area contributed by atoms with E-state index in [0.29, 0.717) is 17.9 Å². The largest absolute Gasteiger partial charge is 0.359 e. The van der Waals surface area contributed by atoms with Gasteiger partial charge < -0.3 is 15.5 Å². The molecule has 24 heavy (non-hydrogen) atoms. The molecule has 0 saturated carbocycles. The van der Waals surface area contributed by atoms with Crippen molar-refractivity contribution < 1.29 is 0 Å². The molecule has 0 heterocycles. The minimum absolute atomic E-state index is 0.353. The van der Waals surface area contributed by atoms with E-state index in [9.17, 15) is 0 Å². The van der Waals surface area contributed by atoms with Crippen molar-refractivity contribution in [2.45, 2.75) is 59.4 Å². The van der Waals surface area contributed by atoms with Gasteiger partial charge in [0.15, 0.2) is 0 Å². The van der Waals surface area contributed by atoms with Crippen LogP contribution in [0, 0.1) is 0 Å². The van der Waals surface area contributed by atoms with Gasteiger partial charge >= 0.3 is 0 Å². The number of para-hydroxylation sites is 1. The molecule has 0 saturated heterocycles. The van der Waals surface area contributed by atoms with Crippen molar-refractivity contribution in [3.05, 3.63) is 41.1 Å². The molecule has 0 spiro atoms. The Morgan fingerprint density at radius 2 is 1.58 bits per heavy atom. The van der Waals surface area contributed by atoms with Crippen molar-refractivity contribution in [3.63, 3.8) is 0 Å². The van der Waals surface area contributed by atoms with Crippen LogP contribution in [0.25, 0.3) is 0 Å². The second kappa shape index (κ2) is 9.85. The van der Waals surface area contributed by atoms with Crippen molar-refractivity contribution >= 4 is 5.69 Å². The zero-order valence-electron chi connectivity index (χ0n) is 16.9. The Balaban J connectivity index is 2.88. The molecular formula is C21H37N3. The lowest BCUT2D eigenvalue weighted by atomic mass is 9.92. The van der Waals surface area contributed by atoms with Crippen molar-refractivity contribution in [2.24, 2.45) is 0 Å². The predicted octanol–water partition coefficient (Wildman–Crippen LogP) is 4.79. The van der Waals surface area contributed by atoms with Gasteiger partial charge in [-0.3, -0.25) is 0 Å². The van der Waals surface area contributed by atoms with Crippen molar-refractivity contribution in [3.8, 4) is 0 Å². The predicted molar refractivity (Wildman–Crippen MR) is 108 cm³/mol. The Morgan fingerprint density at radius 3 is 2.04 bits per heavy atom. The molecule has 0 aromatic heterocycles. The third kappa shape index (κ3) is 6.66. The Hall–Kier alpha value is -1.32. The van der Waals surface area contributed by atoms with E-state index < -0.39 is 0 Å². The van der Waals surface area contributed by atoms with Crippen molar-refractivity contribution in [1.82, 2.24) is 10.2 Å². The Bertz CT molecular complexity index is 504. The number of rotatable bonds is 9. The highest BCUT2D eigenvalue weighted by atomic mass is 15.1. The van der Waals surface area contributed by atoms with Crippen LogP contribution in [0.4, 0.5) is 5.69 Å². The van der Waals surface area contributed by atoms with Gasteiger partial charge in [0.25, 0.3) is 0 Å². The molecule has 0 radical (unpaired) electrons. The Kier molecular flexibility index (Phi) is 8.51.